The highest BCUT2D eigenvalue weighted by Gasteiger charge is 2.16. The minimum absolute atomic E-state index is 0.250. The Morgan fingerprint density at radius 1 is 0.739 bits per heavy atom. The number of amides is 2. The van der Waals surface area contributed by atoms with Crippen LogP contribution in [0.1, 0.15) is 37.2 Å². The smallest absolute Gasteiger partial charge is 0.204 e. The molecule has 1 saturated carbocycles. The van der Waals surface area contributed by atoms with E-state index in [4.69, 9.17) is 9.59 Å². The van der Waals surface area contributed by atoms with Crippen LogP contribution in [0.25, 0.3) is 11.1 Å². The number of carbonyl (C=O) groups excluding carboxylic acids is 2. The van der Waals surface area contributed by atoms with Crippen molar-refractivity contribution in [3.05, 3.63) is 60.2 Å². The second-order valence-electron chi connectivity index (χ2n) is 5.24. The number of hydrogen-bond donors (Lipinski definition) is 2. The Bertz CT molecular complexity index is 556. The lowest BCUT2D eigenvalue weighted by molar-refractivity contribution is -0.107. The van der Waals surface area contributed by atoms with Crippen LogP contribution in [0.2, 0.25) is 0 Å². The Balaban J connectivity index is 0.000000387. The lowest BCUT2D eigenvalue weighted by Gasteiger charge is -2.10. The second kappa shape index (κ2) is 11.0. The first-order chi connectivity index (χ1) is 11.3. The summed E-state index contributed by atoms with van der Waals surface area (Å²) in [6.07, 6.45) is 6.07. The molecule has 122 valence electrons. The average Bonchev–Trinajstić information content (AvgIpc) is 3.12. The fraction of sp³-hybridized carbons (Fsp3) is 0.263. The van der Waals surface area contributed by atoms with Crippen molar-refractivity contribution < 1.29 is 9.59 Å². The van der Waals surface area contributed by atoms with Crippen molar-refractivity contribution in [3.63, 3.8) is 0 Å². The zero-order chi connectivity index (χ0) is 16.9. The van der Waals surface area contributed by atoms with Gasteiger partial charge in [0.25, 0.3) is 0 Å². The van der Waals surface area contributed by atoms with E-state index < -0.39 is 0 Å². The van der Waals surface area contributed by atoms with Gasteiger partial charge >= 0.3 is 0 Å². The highest BCUT2D eigenvalue weighted by Crippen LogP contribution is 2.34. The molecule has 2 aromatic carbocycles. The van der Waals surface area contributed by atoms with Gasteiger partial charge in [0.2, 0.25) is 12.8 Å². The van der Waals surface area contributed by atoms with Gasteiger partial charge in [0.05, 0.1) is 0 Å². The average molecular weight is 312 g/mol. The van der Waals surface area contributed by atoms with Gasteiger partial charge in [0.1, 0.15) is 0 Å². The predicted octanol–water partition coefficient (Wildman–Crippen LogP) is 3.21. The van der Waals surface area contributed by atoms with Crippen LogP contribution in [0.15, 0.2) is 54.6 Å². The highest BCUT2D eigenvalue weighted by molar-refractivity contribution is 5.63. The van der Waals surface area contributed by atoms with Crippen LogP contribution in [-0.4, -0.2) is 12.8 Å². The van der Waals surface area contributed by atoms with E-state index in [1.54, 1.807) is 0 Å². The van der Waals surface area contributed by atoms with Gasteiger partial charge in [-0.2, -0.15) is 0 Å². The molecule has 4 N–H and O–H groups in total. The van der Waals surface area contributed by atoms with E-state index in [1.807, 2.05) is 0 Å². The summed E-state index contributed by atoms with van der Waals surface area (Å²) in [7, 11) is 0. The van der Waals surface area contributed by atoms with Crippen molar-refractivity contribution in [1.29, 1.82) is 0 Å². The van der Waals surface area contributed by atoms with Gasteiger partial charge in [-0.05, 0) is 35.4 Å². The number of primary amides is 2. The van der Waals surface area contributed by atoms with E-state index >= 15 is 0 Å². The monoisotopic (exact) mass is 312 g/mol. The lowest BCUT2D eigenvalue weighted by Crippen LogP contribution is -1.91. The SMILES string of the molecule is NC=O.NC=O.c1ccc(-c2ccc(C3CCCC3)cc2)cc1. The topological polar surface area (TPSA) is 86.2 Å². The molecule has 4 nitrogen and oxygen atoms in total. The quantitative estimate of drug-likeness (QED) is 0.834. The van der Waals surface area contributed by atoms with E-state index in [9.17, 15) is 0 Å². The zero-order valence-electron chi connectivity index (χ0n) is 13.2. The Kier molecular flexibility index (Phi) is 8.83. The number of rotatable bonds is 2. The molecule has 2 aromatic rings. The predicted molar refractivity (Wildman–Crippen MR) is 93.6 cm³/mol. The van der Waals surface area contributed by atoms with Crippen LogP contribution in [-0.2, 0) is 9.59 Å². The number of nitrogens with two attached hydrogens (primary N) is 2. The summed E-state index contributed by atoms with van der Waals surface area (Å²) in [4.78, 5) is 17.2. The van der Waals surface area contributed by atoms with Crippen molar-refractivity contribution in [2.45, 2.75) is 31.6 Å². The molecule has 0 bridgehead atoms. The Hall–Kier alpha value is -2.62. The van der Waals surface area contributed by atoms with Gasteiger partial charge in [0, 0.05) is 0 Å². The lowest BCUT2D eigenvalue weighted by atomic mass is 9.95. The maximum Gasteiger partial charge on any atom is 0.204 e. The van der Waals surface area contributed by atoms with Gasteiger partial charge in [-0.25, -0.2) is 0 Å². The summed E-state index contributed by atoms with van der Waals surface area (Å²) in [6.45, 7) is 0. The Labute approximate surface area is 137 Å². The minimum Gasteiger partial charge on any atom is -0.372 e. The molecule has 3 rings (SSSR count). The third kappa shape index (κ3) is 6.34. The van der Waals surface area contributed by atoms with Gasteiger partial charge < -0.3 is 11.5 Å². The molecule has 0 heterocycles. The largest absolute Gasteiger partial charge is 0.372 e. The van der Waals surface area contributed by atoms with E-state index in [2.05, 4.69) is 66.1 Å². The molecule has 4 heteroatoms. The summed E-state index contributed by atoms with van der Waals surface area (Å²) in [5, 5.41) is 0. The third-order valence-electron chi connectivity index (χ3n) is 3.84. The fourth-order valence-electron chi connectivity index (χ4n) is 2.84. The van der Waals surface area contributed by atoms with Gasteiger partial charge in [-0.15, -0.1) is 0 Å². The van der Waals surface area contributed by atoms with E-state index in [0.717, 1.165) is 5.92 Å². The van der Waals surface area contributed by atoms with Crippen LogP contribution in [0.3, 0.4) is 0 Å². The summed E-state index contributed by atoms with van der Waals surface area (Å²) in [5.41, 5.74) is 12.5. The van der Waals surface area contributed by atoms with Crippen molar-refractivity contribution in [2.24, 2.45) is 11.5 Å². The highest BCUT2D eigenvalue weighted by atomic mass is 16.1. The first-order valence-electron chi connectivity index (χ1n) is 7.73. The van der Waals surface area contributed by atoms with Gasteiger partial charge in [0.15, 0.2) is 0 Å². The van der Waals surface area contributed by atoms with Crippen LogP contribution in [0.5, 0.6) is 0 Å². The molecule has 0 saturated heterocycles. The van der Waals surface area contributed by atoms with Crippen LogP contribution in [0, 0.1) is 0 Å². The number of carbonyl (C=O) groups is 2. The standard InChI is InChI=1S/C17H18.2CH3NO/c1-2-6-14(7-3-1)16-10-12-17(13-11-16)15-8-4-5-9-15;2*2-1-3/h1-3,6-7,10-13,15H,4-5,8-9H2;2*1H,(H2,2,3). The van der Waals surface area contributed by atoms with Crippen molar-refractivity contribution >= 4 is 12.8 Å². The van der Waals surface area contributed by atoms with Crippen molar-refractivity contribution in [1.82, 2.24) is 0 Å². The molecule has 0 radical (unpaired) electrons. The maximum absolute atomic E-state index is 8.58. The molecular weight excluding hydrogens is 288 g/mol. The summed E-state index contributed by atoms with van der Waals surface area (Å²) < 4.78 is 0. The molecule has 1 aliphatic rings. The van der Waals surface area contributed by atoms with E-state index in [-0.39, 0.29) is 12.8 Å². The normalized spacial score (nSPS) is 13.0. The molecule has 1 fully saturated rings. The number of hydrogen-bond acceptors (Lipinski definition) is 2. The molecule has 0 atom stereocenters. The number of benzene rings is 2. The molecule has 0 spiro atoms. The molecular formula is C19H24N2O2. The van der Waals surface area contributed by atoms with Crippen LogP contribution < -0.4 is 11.5 Å². The van der Waals surface area contributed by atoms with Crippen molar-refractivity contribution in [3.8, 4) is 11.1 Å². The second-order valence-corrected chi connectivity index (χ2v) is 5.24. The fourth-order valence-corrected chi connectivity index (χ4v) is 2.84. The van der Waals surface area contributed by atoms with Crippen molar-refractivity contribution in [2.75, 3.05) is 0 Å². The summed E-state index contributed by atoms with van der Waals surface area (Å²) in [5.74, 6) is 0.819. The first kappa shape index (κ1) is 18.4. The third-order valence-corrected chi connectivity index (χ3v) is 3.84. The van der Waals surface area contributed by atoms with E-state index in [0.29, 0.717) is 0 Å². The van der Waals surface area contributed by atoms with Crippen LogP contribution >= 0.6 is 0 Å². The molecule has 0 aliphatic heterocycles. The molecule has 2 amide bonds. The molecule has 0 unspecified atom stereocenters. The maximum atomic E-state index is 8.58. The molecule has 23 heavy (non-hydrogen) atoms. The minimum atomic E-state index is 0.250. The summed E-state index contributed by atoms with van der Waals surface area (Å²) in [6, 6.07) is 19.8. The van der Waals surface area contributed by atoms with Gasteiger partial charge in [-0.3, -0.25) is 9.59 Å². The van der Waals surface area contributed by atoms with Gasteiger partial charge in [-0.1, -0.05) is 67.4 Å². The first-order valence-corrected chi connectivity index (χ1v) is 7.73. The van der Waals surface area contributed by atoms with Crippen LogP contribution in [0.4, 0.5) is 0 Å². The Morgan fingerprint density at radius 3 is 1.65 bits per heavy atom. The Morgan fingerprint density at radius 2 is 1.17 bits per heavy atom. The zero-order valence-corrected chi connectivity index (χ0v) is 13.2. The molecule has 0 aromatic heterocycles. The summed E-state index contributed by atoms with van der Waals surface area (Å²) >= 11 is 0. The molecule has 1 aliphatic carbocycles. The van der Waals surface area contributed by atoms with E-state index in [1.165, 1.54) is 42.4 Å².